The molecule has 0 bridgehead atoms. The van der Waals surface area contributed by atoms with E-state index in [-0.39, 0.29) is 5.56 Å². The first-order valence-corrected chi connectivity index (χ1v) is 10.3. The number of H-pyrrole nitrogens is 1. The molecule has 0 radical (unpaired) electrons. The Morgan fingerprint density at radius 1 is 1.24 bits per heavy atom. The fraction of sp³-hybridized carbons (Fsp3) is 0.263. The summed E-state index contributed by atoms with van der Waals surface area (Å²) in [5.74, 6) is 0.678. The summed E-state index contributed by atoms with van der Waals surface area (Å²) < 4.78 is 7.72. The third-order valence-electron chi connectivity index (χ3n) is 4.82. The quantitative estimate of drug-likeness (QED) is 0.539. The number of morpholine rings is 1. The normalized spacial score (nSPS) is 14.6. The van der Waals surface area contributed by atoms with E-state index in [9.17, 15) is 4.79 Å². The van der Waals surface area contributed by atoms with Crippen LogP contribution in [0.3, 0.4) is 0 Å². The number of fused-ring (bicyclic) bond motifs is 1. The Balaban J connectivity index is 1.51. The van der Waals surface area contributed by atoms with Crippen LogP contribution in [0.2, 0.25) is 5.02 Å². The fourth-order valence-electron chi connectivity index (χ4n) is 3.31. The molecule has 1 fully saturated rings. The van der Waals surface area contributed by atoms with Gasteiger partial charge in [-0.2, -0.15) is 4.68 Å². The van der Waals surface area contributed by atoms with Crippen LogP contribution in [0.25, 0.3) is 26.6 Å². The van der Waals surface area contributed by atoms with Crippen molar-refractivity contribution in [3.05, 3.63) is 51.5 Å². The van der Waals surface area contributed by atoms with Gasteiger partial charge in [0.25, 0.3) is 5.56 Å². The molecule has 0 atom stereocenters. The van der Waals surface area contributed by atoms with Crippen LogP contribution < -0.4 is 10.5 Å². The number of ether oxygens (including phenoxy) is 1. The Hall–Kier alpha value is -2.75. The van der Waals surface area contributed by atoms with Crippen LogP contribution in [-0.2, 0) is 4.74 Å². The maximum Gasteiger partial charge on any atom is 0.273 e. The average Bonchev–Trinajstić information content (AvgIpc) is 3.33. The van der Waals surface area contributed by atoms with Crippen molar-refractivity contribution < 1.29 is 4.74 Å². The fourth-order valence-corrected chi connectivity index (χ4v) is 4.54. The molecule has 0 unspecified atom stereocenters. The second-order valence-corrected chi connectivity index (χ2v) is 8.11. The van der Waals surface area contributed by atoms with Crippen molar-refractivity contribution in [1.29, 1.82) is 0 Å². The molecule has 1 N–H and O–H groups in total. The summed E-state index contributed by atoms with van der Waals surface area (Å²) in [7, 11) is 0. The van der Waals surface area contributed by atoms with Gasteiger partial charge in [-0.15, -0.1) is 0 Å². The number of thiazole rings is 1. The number of para-hydroxylation sites is 1. The molecule has 1 saturated heterocycles. The van der Waals surface area contributed by atoms with Gasteiger partial charge >= 0.3 is 0 Å². The topological polar surface area (TPSA) is 88.9 Å². The van der Waals surface area contributed by atoms with Crippen molar-refractivity contribution in [3.63, 3.8) is 0 Å². The monoisotopic (exact) mass is 428 g/mol. The molecule has 1 aromatic carbocycles. The Morgan fingerprint density at radius 3 is 2.83 bits per heavy atom. The average molecular weight is 429 g/mol. The predicted molar refractivity (Wildman–Crippen MR) is 113 cm³/mol. The third kappa shape index (κ3) is 3.31. The van der Waals surface area contributed by atoms with Crippen LogP contribution in [0.4, 0.5) is 5.95 Å². The van der Waals surface area contributed by atoms with Gasteiger partial charge in [0, 0.05) is 30.9 Å². The highest BCUT2D eigenvalue weighted by Gasteiger charge is 2.17. The first-order valence-electron chi connectivity index (χ1n) is 9.14. The summed E-state index contributed by atoms with van der Waals surface area (Å²) in [5.41, 5.74) is 2.70. The van der Waals surface area contributed by atoms with Crippen molar-refractivity contribution in [2.75, 3.05) is 31.2 Å². The molecule has 5 rings (SSSR count). The van der Waals surface area contributed by atoms with E-state index in [1.807, 2.05) is 19.1 Å². The lowest BCUT2D eigenvalue weighted by molar-refractivity contribution is 0.122. The van der Waals surface area contributed by atoms with Crippen molar-refractivity contribution >= 4 is 39.1 Å². The summed E-state index contributed by atoms with van der Waals surface area (Å²) in [6.07, 6.45) is 1.75. The van der Waals surface area contributed by atoms with E-state index in [1.54, 1.807) is 12.3 Å². The Kier molecular flexibility index (Phi) is 4.57. The van der Waals surface area contributed by atoms with Gasteiger partial charge in [-0.3, -0.25) is 9.89 Å². The summed E-state index contributed by atoms with van der Waals surface area (Å²) in [6.45, 7) is 4.80. The molecule has 3 aromatic heterocycles. The Labute approximate surface area is 174 Å². The maximum absolute atomic E-state index is 12.6. The Bertz CT molecular complexity index is 1260. The van der Waals surface area contributed by atoms with Gasteiger partial charge in [-0.25, -0.2) is 15.0 Å². The summed E-state index contributed by atoms with van der Waals surface area (Å²) in [6, 6.07) is 7.12. The number of hydrogen-bond donors (Lipinski definition) is 1. The van der Waals surface area contributed by atoms with Crippen molar-refractivity contribution in [2.24, 2.45) is 0 Å². The van der Waals surface area contributed by atoms with E-state index in [1.165, 1.54) is 22.1 Å². The van der Waals surface area contributed by atoms with Crippen LogP contribution in [0.5, 0.6) is 0 Å². The SMILES string of the molecule is Cc1nc(N2CCOCC2)ncc1-c1cc(=O)n(-c2nc3c(Cl)cccc3s2)[nH]1. The number of aromatic amines is 1. The third-order valence-corrected chi connectivity index (χ3v) is 6.13. The smallest absolute Gasteiger partial charge is 0.273 e. The molecule has 1 aliphatic rings. The molecule has 29 heavy (non-hydrogen) atoms. The number of nitrogens with one attached hydrogen (secondary N) is 1. The number of aromatic nitrogens is 5. The molecular weight excluding hydrogens is 412 g/mol. The first-order chi connectivity index (χ1) is 14.1. The van der Waals surface area contributed by atoms with Gasteiger partial charge in [-0.05, 0) is 19.1 Å². The highest BCUT2D eigenvalue weighted by Crippen LogP contribution is 2.29. The minimum Gasteiger partial charge on any atom is -0.378 e. The van der Waals surface area contributed by atoms with Crippen LogP contribution in [0.1, 0.15) is 5.69 Å². The molecule has 0 spiro atoms. The maximum atomic E-state index is 12.6. The summed E-state index contributed by atoms with van der Waals surface area (Å²) in [4.78, 5) is 28.3. The van der Waals surface area contributed by atoms with Gasteiger partial charge < -0.3 is 9.64 Å². The lowest BCUT2D eigenvalue weighted by Gasteiger charge is -2.27. The van der Waals surface area contributed by atoms with E-state index >= 15 is 0 Å². The number of benzene rings is 1. The largest absolute Gasteiger partial charge is 0.378 e. The zero-order chi connectivity index (χ0) is 20.0. The van der Waals surface area contributed by atoms with Gasteiger partial charge in [0.15, 0.2) is 0 Å². The van der Waals surface area contributed by atoms with Crippen molar-refractivity contribution in [2.45, 2.75) is 6.92 Å². The standard InChI is InChI=1S/C19H17ClN6O2S/c1-11-12(10-21-18(22-11)25-5-7-28-8-6-25)14-9-16(27)26(24-14)19-23-17-13(20)3-2-4-15(17)29-19/h2-4,9-10,24H,5-8H2,1H3. The molecule has 0 amide bonds. The molecule has 0 aliphatic carbocycles. The zero-order valence-corrected chi connectivity index (χ0v) is 17.1. The number of nitrogens with zero attached hydrogens (tertiary/aromatic N) is 5. The molecule has 4 aromatic rings. The minimum atomic E-state index is -0.202. The molecular formula is C19H17ClN6O2S. The van der Waals surface area contributed by atoms with Gasteiger partial charge in [0.05, 0.1) is 34.3 Å². The van der Waals surface area contributed by atoms with E-state index in [2.05, 4.69) is 25.0 Å². The van der Waals surface area contributed by atoms with Crippen LogP contribution in [-0.4, -0.2) is 51.0 Å². The highest BCUT2D eigenvalue weighted by molar-refractivity contribution is 7.20. The van der Waals surface area contributed by atoms with E-state index < -0.39 is 0 Å². The van der Waals surface area contributed by atoms with Crippen LogP contribution in [0, 0.1) is 6.92 Å². The lowest BCUT2D eigenvalue weighted by Crippen LogP contribution is -2.37. The van der Waals surface area contributed by atoms with E-state index in [4.69, 9.17) is 16.3 Å². The second-order valence-electron chi connectivity index (χ2n) is 6.69. The molecule has 148 valence electrons. The first kappa shape index (κ1) is 18.3. The Morgan fingerprint density at radius 2 is 2.07 bits per heavy atom. The molecule has 1 aliphatic heterocycles. The lowest BCUT2D eigenvalue weighted by atomic mass is 10.2. The van der Waals surface area contributed by atoms with Crippen molar-refractivity contribution in [3.8, 4) is 16.4 Å². The number of anilines is 1. The predicted octanol–water partition coefficient (Wildman–Crippen LogP) is 3.03. The number of rotatable bonds is 3. The molecule has 8 nitrogen and oxygen atoms in total. The summed E-state index contributed by atoms with van der Waals surface area (Å²) >= 11 is 7.62. The summed E-state index contributed by atoms with van der Waals surface area (Å²) in [5, 5.41) is 4.23. The minimum absolute atomic E-state index is 0.202. The van der Waals surface area contributed by atoms with Gasteiger partial charge in [0.2, 0.25) is 11.1 Å². The number of hydrogen-bond acceptors (Lipinski definition) is 7. The molecule has 0 saturated carbocycles. The molecule has 4 heterocycles. The molecule has 10 heteroatoms. The highest BCUT2D eigenvalue weighted by atomic mass is 35.5. The van der Waals surface area contributed by atoms with E-state index in [0.29, 0.717) is 40.5 Å². The van der Waals surface area contributed by atoms with Gasteiger partial charge in [0.1, 0.15) is 5.52 Å². The van der Waals surface area contributed by atoms with Crippen LogP contribution >= 0.6 is 22.9 Å². The van der Waals surface area contributed by atoms with E-state index in [0.717, 1.165) is 29.0 Å². The van der Waals surface area contributed by atoms with Crippen molar-refractivity contribution in [1.82, 2.24) is 24.7 Å². The van der Waals surface area contributed by atoms with Gasteiger partial charge in [-0.1, -0.05) is 29.0 Å². The number of halogens is 1. The second kappa shape index (κ2) is 7.25. The zero-order valence-electron chi connectivity index (χ0n) is 15.6. The van der Waals surface area contributed by atoms with Crippen LogP contribution in [0.15, 0.2) is 35.3 Å². The number of aryl methyl sites for hydroxylation is 1.